The number of carbonyl (C=O) groups excluding carboxylic acids is 3. The maximum atomic E-state index is 13.7. The lowest BCUT2D eigenvalue weighted by Gasteiger charge is -2.43. The van der Waals surface area contributed by atoms with Gasteiger partial charge in [-0.25, -0.2) is 9.18 Å². The molecule has 1 aliphatic carbocycles. The highest BCUT2D eigenvalue weighted by Crippen LogP contribution is 2.43. The first-order valence-corrected chi connectivity index (χ1v) is 12.7. The van der Waals surface area contributed by atoms with Gasteiger partial charge >= 0.3 is 6.03 Å². The van der Waals surface area contributed by atoms with E-state index in [1.807, 2.05) is 0 Å². The minimum absolute atomic E-state index is 0.00189. The van der Waals surface area contributed by atoms with E-state index in [0.717, 1.165) is 36.6 Å². The van der Waals surface area contributed by atoms with Gasteiger partial charge in [0.2, 0.25) is 12.7 Å². The lowest BCUT2D eigenvalue weighted by molar-refractivity contribution is -0.147. The molecule has 0 spiro atoms. The summed E-state index contributed by atoms with van der Waals surface area (Å²) >= 11 is 5.84. The first-order chi connectivity index (χ1) is 17.9. The van der Waals surface area contributed by atoms with Gasteiger partial charge in [-0.2, -0.15) is 0 Å². The summed E-state index contributed by atoms with van der Waals surface area (Å²) in [6, 6.07) is 8.02. The second-order valence-corrected chi connectivity index (χ2v) is 10.1. The molecule has 6 rings (SSSR count). The summed E-state index contributed by atoms with van der Waals surface area (Å²) in [5.41, 5.74) is 0.995. The van der Waals surface area contributed by atoms with E-state index in [-0.39, 0.29) is 36.9 Å². The van der Waals surface area contributed by atoms with Crippen LogP contribution in [0.5, 0.6) is 11.5 Å². The van der Waals surface area contributed by atoms with Crippen molar-refractivity contribution in [2.45, 2.75) is 50.5 Å². The van der Waals surface area contributed by atoms with Gasteiger partial charge in [-0.3, -0.25) is 14.5 Å². The van der Waals surface area contributed by atoms with Crippen LogP contribution >= 0.6 is 11.6 Å². The number of rotatable bonds is 5. The molecule has 3 heterocycles. The maximum Gasteiger partial charge on any atom is 0.327 e. The number of hydrogen-bond donors (Lipinski definition) is 1. The van der Waals surface area contributed by atoms with Crippen molar-refractivity contribution in [1.82, 2.24) is 9.80 Å². The number of ether oxygens (including phenoxy) is 3. The predicted molar refractivity (Wildman–Crippen MR) is 130 cm³/mol. The van der Waals surface area contributed by atoms with E-state index in [1.54, 1.807) is 18.2 Å². The van der Waals surface area contributed by atoms with Gasteiger partial charge in [0, 0.05) is 11.6 Å². The van der Waals surface area contributed by atoms with Crippen molar-refractivity contribution in [1.29, 1.82) is 0 Å². The first kappa shape index (κ1) is 24.0. The van der Waals surface area contributed by atoms with Gasteiger partial charge in [-0.05, 0) is 48.7 Å². The Bertz CT molecular complexity index is 1270. The molecule has 4 unspecified atom stereocenters. The number of urea groups is 1. The molecule has 0 radical (unpaired) electrons. The zero-order valence-electron chi connectivity index (χ0n) is 19.8. The maximum absolute atomic E-state index is 13.7. The summed E-state index contributed by atoms with van der Waals surface area (Å²) < 4.78 is 30.5. The van der Waals surface area contributed by atoms with E-state index >= 15 is 0 Å². The molecule has 1 N–H and O–H groups in total. The van der Waals surface area contributed by atoms with Crippen molar-refractivity contribution in [3.05, 3.63) is 52.8 Å². The van der Waals surface area contributed by atoms with E-state index in [1.165, 1.54) is 17.0 Å². The SMILES string of the molecule is O=C(CN1C(=O)N(Cc2ccc3c(c2)OCO3)C(=O)C2OC3CCCCC3C21)Nc1ccc(F)c(Cl)c1. The fourth-order valence-corrected chi connectivity index (χ4v) is 5.96. The smallest absolute Gasteiger partial charge is 0.327 e. The minimum atomic E-state index is -0.840. The van der Waals surface area contributed by atoms with E-state index < -0.39 is 35.8 Å². The summed E-state index contributed by atoms with van der Waals surface area (Å²) in [5, 5.41) is 2.55. The zero-order chi connectivity index (χ0) is 25.7. The Morgan fingerprint density at radius 2 is 1.89 bits per heavy atom. The second kappa shape index (κ2) is 9.50. The van der Waals surface area contributed by atoms with Crippen molar-refractivity contribution in [3.63, 3.8) is 0 Å². The van der Waals surface area contributed by atoms with Crippen LogP contribution in [0.25, 0.3) is 0 Å². The number of nitrogens with one attached hydrogen (secondary N) is 1. The van der Waals surface area contributed by atoms with E-state index in [4.69, 9.17) is 25.8 Å². The number of halogens is 2. The lowest BCUT2D eigenvalue weighted by Crippen LogP contribution is -2.65. The second-order valence-electron chi connectivity index (χ2n) is 9.73. The highest BCUT2D eigenvalue weighted by Gasteiger charge is 2.57. The van der Waals surface area contributed by atoms with Crippen LogP contribution in [0.3, 0.4) is 0 Å². The van der Waals surface area contributed by atoms with Crippen LogP contribution in [-0.4, -0.2) is 59.2 Å². The van der Waals surface area contributed by atoms with Crippen LogP contribution in [0.15, 0.2) is 36.4 Å². The highest BCUT2D eigenvalue weighted by molar-refractivity contribution is 6.31. The van der Waals surface area contributed by atoms with Gasteiger partial charge < -0.3 is 24.4 Å². The number of carbonyl (C=O) groups is 3. The molecular formula is C26H25ClFN3O6. The third-order valence-corrected chi connectivity index (χ3v) is 7.75. The van der Waals surface area contributed by atoms with E-state index in [2.05, 4.69) is 5.32 Å². The topological polar surface area (TPSA) is 97.4 Å². The number of anilines is 1. The third kappa shape index (κ3) is 4.38. The van der Waals surface area contributed by atoms with Crippen molar-refractivity contribution in [3.8, 4) is 11.5 Å². The highest BCUT2D eigenvalue weighted by atomic mass is 35.5. The molecule has 4 aliphatic rings. The molecule has 2 aromatic carbocycles. The molecular weight excluding hydrogens is 505 g/mol. The van der Waals surface area contributed by atoms with Crippen LogP contribution in [0.4, 0.5) is 14.9 Å². The standard InChI is InChI=1S/C26H25ClFN3O6/c27-17-10-15(6-7-18(17)28)29-22(32)12-30-23-16-3-1-2-4-19(16)37-24(23)25(33)31(26(30)34)11-14-5-8-20-21(9-14)36-13-35-20/h5-10,16,19,23-24H,1-4,11-13H2,(H,29,32). The molecule has 0 bridgehead atoms. The van der Waals surface area contributed by atoms with Crippen molar-refractivity contribution >= 4 is 35.1 Å². The summed E-state index contributed by atoms with van der Waals surface area (Å²) in [4.78, 5) is 42.9. The summed E-state index contributed by atoms with van der Waals surface area (Å²) in [7, 11) is 0. The van der Waals surface area contributed by atoms with Gasteiger partial charge in [0.05, 0.1) is 23.7 Å². The first-order valence-electron chi connectivity index (χ1n) is 12.3. The quantitative estimate of drug-likeness (QED) is 0.630. The Hall–Kier alpha value is -3.37. The summed E-state index contributed by atoms with van der Waals surface area (Å²) in [5.74, 6) is -0.354. The Kier molecular flexibility index (Phi) is 6.16. The Morgan fingerprint density at radius 3 is 2.73 bits per heavy atom. The van der Waals surface area contributed by atoms with Crippen LogP contribution < -0.4 is 14.8 Å². The van der Waals surface area contributed by atoms with Crippen molar-refractivity contribution < 1.29 is 33.0 Å². The number of fused-ring (bicyclic) bond motifs is 4. The fraction of sp³-hybridized carbons (Fsp3) is 0.423. The molecule has 9 nitrogen and oxygen atoms in total. The predicted octanol–water partition coefficient (Wildman–Crippen LogP) is 3.94. The molecule has 194 valence electrons. The van der Waals surface area contributed by atoms with Crippen LogP contribution in [0.2, 0.25) is 5.02 Å². The zero-order valence-corrected chi connectivity index (χ0v) is 20.6. The van der Waals surface area contributed by atoms with E-state index in [9.17, 15) is 18.8 Å². The molecule has 4 amide bonds. The van der Waals surface area contributed by atoms with Gasteiger partial charge in [0.1, 0.15) is 12.4 Å². The minimum Gasteiger partial charge on any atom is -0.454 e. The number of amides is 4. The van der Waals surface area contributed by atoms with Gasteiger partial charge in [-0.15, -0.1) is 0 Å². The Balaban J connectivity index is 1.26. The average molecular weight is 530 g/mol. The van der Waals surface area contributed by atoms with Crippen LogP contribution in [-0.2, 0) is 20.9 Å². The normalized spacial score (nSPS) is 26.2. The van der Waals surface area contributed by atoms with Crippen molar-refractivity contribution in [2.75, 3.05) is 18.7 Å². The molecule has 0 aromatic heterocycles. The van der Waals surface area contributed by atoms with Gasteiger partial charge in [-0.1, -0.05) is 30.5 Å². The summed E-state index contributed by atoms with van der Waals surface area (Å²) in [6.07, 6.45) is 2.64. The molecule has 4 atom stereocenters. The molecule has 37 heavy (non-hydrogen) atoms. The number of hydrogen-bond acceptors (Lipinski definition) is 6. The molecule has 3 aliphatic heterocycles. The Morgan fingerprint density at radius 1 is 1.08 bits per heavy atom. The third-order valence-electron chi connectivity index (χ3n) is 7.46. The molecule has 1 saturated carbocycles. The fourth-order valence-electron chi connectivity index (χ4n) is 5.78. The lowest BCUT2D eigenvalue weighted by atomic mass is 9.81. The van der Waals surface area contributed by atoms with E-state index in [0.29, 0.717) is 22.7 Å². The monoisotopic (exact) mass is 529 g/mol. The number of imide groups is 1. The largest absolute Gasteiger partial charge is 0.454 e. The molecule has 2 saturated heterocycles. The molecule has 2 aromatic rings. The summed E-state index contributed by atoms with van der Waals surface area (Å²) in [6.45, 7) is -0.169. The van der Waals surface area contributed by atoms with Crippen LogP contribution in [0, 0.1) is 11.7 Å². The number of nitrogens with zero attached hydrogens (tertiary/aromatic N) is 2. The number of benzene rings is 2. The molecule has 11 heteroatoms. The average Bonchev–Trinajstić information content (AvgIpc) is 3.51. The van der Waals surface area contributed by atoms with Gasteiger partial charge in [0.15, 0.2) is 17.6 Å². The van der Waals surface area contributed by atoms with Crippen LogP contribution in [0.1, 0.15) is 31.2 Å². The van der Waals surface area contributed by atoms with Gasteiger partial charge in [0.25, 0.3) is 5.91 Å². The van der Waals surface area contributed by atoms with Crippen molar-refractivity contribution in [2.24, 2.45) is 5.92 Å². The Labute approximate surface area is 217 Å². The molecule has 3 fully saturated rings.